The molecule has 0 aliphatic rings. The molecule has 0 heterocycles. The number of nitrogens with two attached hydrogens (primary N) is 1. The largest absolute Gasteiger partial charge is 0.496 e. The predicted octanol–water partition coefficient (Wildman–Crippen LogP) is 2.63. The molecule has 3 N–H and O–H groups in total. The van der Waals surface area contributed by atoms with E-state index in [9.17, 15) is 0 Å². The van der Waals surface area contributed by atoms with Gasteiger partial charge < -0.3 is 25.3 Å². The van der Waals surface area contributed by atoms with Crippen molar-refractivity contribution in [1.82, 2.24) is 5.32 Å². The molecule has 0 aromatic heterocycles. The summed E-state index contributed by atoms with van der Waals surface area (Å²) in [5.74, 6) is 2.57. The second-order valence-electron chi connectivity index (χ2n) is 5.56. The van der Waals surface area contributed by atoms with Crippen LogP contribution in [0.15, 0.2) is 41.4 Å². The number of hydrogen-bond donors (Lipinski definition) is 2. The summed E-state index contributed by atoms with van der Waals surface area (Å²) in [5, 5.41) is 3.11. The van der Waals surface area contributed by atoms with Crippen LogP contribution >= 0.6 is 0 Å². The molecule has 0 amide bonds. The van der Waals surface area contributed by atoms with E-state index in [1.165, 1.54) is 0 Å². The summed E-state index contributed by atoms with van der Waals surface area (Å²) in [6.07, 6.45) is 0. The molecule has 0 unspecified atom stereocenters. The van der Waals surface area contributed by atoms with Gasteiger partial charge >= 0.3 is 0 Å². The lowest BCUT2D eigenvalue weighted by molar-refractivity contribution is 0.354. The quantitative estimate of drug-likeness (QED) is 0.597. The van der Waals surface area contributed by atoms with Gasteiger partial charge in [-0.3, -0.25) is 0 Å². The van der Waals surface area contributed by atoms with Crippen molar-refractivity contribution in [3.63, 3.8) is 0 Å². The molecule has 0 spiro atoms. The molecule has 6 nitrogen and oxygen atoms in total. The van der Waals surface area contributed by atoms with E-state index in [1.807, 2.05) is 43.3 Å². The van der Waals surface area contributed by atoms with Gasteiger partial charge in [0, 0.05) is 12.1 Å². The summed E-state index contributed by atoms with van der Waals surface area (Å²) < 4.78 is 15.9. The average molecular weight is 343 g/mol. The molecule has 0 saturated heterocycles. The number of benzene rings is 2. The lowest BCUT2D eigenvalue weighted by Gasteiger charge is -2.11. The van der Waals surface area contributed by atoms with E-state index in [0.717, 1.165) is 22.4 Å². The van der Waals surface area contributed by atoms with Gasteiger partial charge in [0.2, 0.25) is 0 Å². The van der Waals surface area contributed by atoms with E-state index >= 15 is 0 Å². The highest BCUT2D eigenvalue weighted by Crippen LogP contribution is 2.27. The molecule has 0 fully saturated rings. The smallest absolute Gasteiger partial charge is 0.189 e. The van der Waals surface area contributed by atoms with E-state index in [0.29, 0.717) is 30.5 Å². The lowest BCUT2D eigenvalue weighted by atomic mass is 10.1. The zero-order chi connectivity index (χ0) is 18.2. The molecule has 25 heavy (non-hydrogen) atoms. The fourth-order valence-corrected chi connectivity index (χ4v) is 2.39. The number of methoxy groups -OCH3 is 3. The molecule has 2 rings (SSSR count). The van der Waals surface area contributed by atoms with Crippen molar-refractivity contribution >= 4 is 5.96 Å². The topological polar surface area (TPSA) is 78.1 Å². The van der Waals surface area contributed by atoms with Crippen LogP contribution in [-0.4, -0.2) is 27.3 Å². The zero-order valence-electron chi connectivity index (χ0n) is 15.1. The van der Waals surface area contributed by atoms with Crippen LogP contribution in [0.2, 0.25) is 0 Å². The van der Waals surface area contributed by atoms with E-state index in [2.05, 4.69) is 10.3 Å². The Hall–Kier alpha value is -2.89. The monoisotopic (exact) mass is 343 g/mol. The van der Waals surface area contributed by atoms with Crippen molar-refractivity contribution in [1.29, 1.82) is 0 Å². The third-order valence-electron chi connectivity index (χ3n) is 3.78. The van der Waals surface area contributed by atoms with Crippen molar-refractivity contribution in [2.75, 3.05) is 21.3 Å². The van der Waals surface area contributed by atoms with E-state index in [1.54, 1.807) is 21.3 Å². The second kappa shape index (κ2) is 8.82. The van der Waals surface area contributed by atoms with Crippen LogP contribution in [0, 0.1) is 6.92 Å². The number of nitrogens with one attached hydrogen (secondary N) is 1. The van der Waals surface area contributed by atoms with Gasteiger partial charge in [-0.05, 0) is 36.2 Å². The summed E-state index contributed by atoms with van der Waals surface area (Å²) in [6, 6.07) is 11.7. The molecule has 0 aliphatic heterocycles. The summed E-state index contributed by atoms with van der Waals surface area (Å²) in [7, 11) is 4.87. The van der Waals surface area contributed by atoms with Gasteiger partial charge in [0.25, 0.3) is 0 Å². The Labute approximate surface area is 148 Å². The first-order valence-corrected chi connectivity index (χ1v) is 7.95. The van der Waals surface area contributed by atoms with Crippen molar-refractivity contribution in [2.24, 2.45) is 10.7 Å². The highest BCUT2D eigenvalue weighted by Gasteiger charge is 2.05. The summed E-state index contributed by atoms with van der Waals surface area (Å²) >= 11 is 0. The van der Waals surface area contributed by atoms with Gasteiger partial charge in [-0.15, -0.1) is 0 Å². The number of guanidine groups is 1. The van der Waals surface area contributed by atoms with Crippen LogP contribution in [0.3, 0.4) is 0 Å². The Morgan fingerprint density at radius 1 is 0.960 bits per heavy atom. The minimum Gasteiger partial charge on any atom is -0.496 e. The number of hydrogen-bond acceptors (Lipinski definition) is 4. The molecule has 134 valence electrons. The minimum absolute atomic E-state index is 0.373. The maximum absolute atomic E-state index is 5.96. The van der Waals surface area contributed by atoms with Crippen molar-refractivity contribution in [3.8, 4) is 17.2 Å². The lowest BCUT2D eigenvalue weighted by Crippen LogP contribution is -2.31. The van der Waals surface area contributed by atoms with Crippen LogP contribution in [0.5, 0.6) is 17.2 Å². The Morgan fingerprint density at radius 2 is 1.68 bits per heavy atom. The summed E-state index contributed by atoms with van der Waals surface area (Å²) in [5.41, 5.74) is 9.12. The van der Waals surface area contributed by atoms with Crippen molar-refractivity contribution < 1.29 is 14.2 Å². The molecule has 0 bridgehead atoms. The van der Waals surface area contributed by atoms with Crippen LogP contribution in [0.1, 0.15) is 16.7 Å². The number of rotatable bonds is 7. The first-order chi connectivity index (χ1) is 12.1. The Morgan fingerprint density at radius 3 is 2.36 bits per heavy atom. The predicted molar refractivity (Wildman–Crippen MR) is 99.4 cm³/mol. The van der Waals surface area contributed by atoms with Crippen LogP contribution in [0.4, 0.5) is 0 Å². The molecule has 2 aromatic rings. The van der Waals surface area contributed by atoms with Crippen molar-refractivity contribution in [3.05, 3.63) is 53.1 Å². The second-order valence-corrected chi connectivity index (χ2v) is 5.56. The molecule has 0 aliphatic carbocycles. The molecular weight excluding hydrogens is 318 g/mol. The van der Waals surface area contributed by atoms with Gasteiger partial charge in [0.15, 0.2) is 17.5 Å². The molecule has 0 saturated carbocycles. The summed E-state index contributed by atoms with van der Waals surface area (Å²) in [4.78, 5) is 4.36. The average Bonchev–Trinajstić information content (AvgIpc) is 2.64. The van der Waals surface area contributed by atoms with Gasteiger partial charge in [-0.1, -0.05) is 18.2 Å². The Bertz CT molecular complexity index is 745. The molecule has 2 aromatic carbocycles. The minimum atomic E-state index is 0.373. The number of aryl methyl sites for hydroxylation is 1. The Kier molecular flexibility index (Phi) is 6.51. The first-order valence-electron chi connectivity index (χ1n) is 7.95. The van der Waals surface area contributed by atoms with Crippen LogP contribution < -0.4 is 25.3 Å². The molecule has 6 heteroatoms. The number of ether oxygens (including phenoxy) is 3. The summed E-state index contributed by atoms with van der Waals surface area (Å²) in [6.45, 7) is 3.02. The highest BCUT2D eigenvalue weighted by molar-refractivity contribution is 5.77. The normalized spacial score (nSPS) is 11.1. The fourth-order valence-electron chi connectivity index (χ4n) is 2.39. The van der Waals surface area contributed by atoms with Gasteiger partial charge in [0.1, 0.15) is 5.75 Å². The maximum Gasteiger partial charge on any atom is 0.189 e. The molecule has 0 radical (unpaired) electrons. The first kappa shape index (κ1) is 18.4. The van der Waals surface area contributed by atoms with Gasteiger partial charge in [0.05, 0.1) is 27.9 Å². The van der Waals surface area contributed by atoms with Crippen molar-refractivity contribution in [2.45, 2.75) is 20.0 Å². The zero-order valence-corrected chi connectivity index (χ0v) is 15.1. The van der Waals surface area contributed by atoms with E-state index < -0.39 is 0 Å². The number of aliphatic imine (C=N–C) groups is 1. The van der Waals surface area contributed by atoms with Crippen LogP contribution in [0.25, 0.3) is 0 Å². The molecular formula is C19H25N3O3. The fraction of sp³-hybridized carbons (Fsp3) is 0.316. The maximum atomic E-state index is 5.96. The van der Waals surface area contributed by atoms with Gasteiger partial charge in [-0.2, -0.15) is 0 Å². The SMILES string of the molecule is COc1cc(C)ccc1CNC(N)=NCc1ccc(OC)c(OC)c1. The van der Waals surface area contributed by atoms with E-state index in [4.69, 9.17) is 19.9 Å². The Balaban J connectivity index is 1.98. The number of nitrogens with zero attached hydrogens (tertiary/aromatic N) is 1. The third kappa shape index (κ3) is 5.04. The third-order valence-corrected chi connectivity index (χ3v) is 3.78. The molecule has 0 atom stereocenters. The highest BCUT2D eigenvalue weighted by atomic mass is 16.5. The van der Waals surface area contributed by atoms with Gasteiger partial charge in [-0.25, -0.2) is 4.99 Å². The van der Waals surface area contributed by atoms with E-state index in [-0.39, 0.29) is 0 Å². The van der Waals surface area contributed by atoms with Crippen LogP contribution in [-0.2, 0) is 13.1 Å². The standard InChI is InChI=1S/C19H25N3O3/c1-13-5-7-15(17(9-13)24-3)12-22-19(20)21-11-14-6-8-16(23-2)18(10-14)25-4/h5-10H,11-12H2,1-4H3,(H3,20,21,22).